The summed E-state index contributed by atoms with van der Waals surface area (Å²) in [5.74, 6) is -2.00. The largest absolute Gasteiger partial charge is 0.493 e. The fourth-order valence-electron chi connectivity index (χ4n) is 2.68. The zero-order chi connectivity index (χ0) is 17.4. The summed E-state index contributed by atoms with van der Waals surface area (Å²) in [4.78, 5) is 25.3. The molecule has 0 amide bonds. The topological polar surface area (TPSA) is 81.4 Å². The van der Waals surface area contributed by atoms with Crippen LogP contribution in [0.5, 0.6) is 11.6 Å². The van der Waals surface area contributed by atoms with E-state index >= 15 is 0 Å². The van der Waals surface area contributed by atoms with E-state index in [4.69, 9.17) is 4.74 Å². The van der Waals surface area contributed by atoms with Crippen LogP contribution >= 0.6 is 11.8 Å². The fourth-order valence-corrected chi connectivity index (χ4v) is 3.46. The summed E-state index contributed by atoms with van der Waals surface area (Å²) in [6, 6.07) is 1.05. The van der Waals surface area contributed by atoms with Crippen molar-refractivity contribution in [3.63, 3.8) is 0 Å². The number of rotatable bonds is 4. The lowest BCUT2D eigenvalue weighted by molar-refractivity contribution is 0.0925. The number of benzene rings is 1. The molecule has 126 valence electrons. The highest BCUT2D eigenvalue weighted by Gasteiger charge is 2.31. The molecular formula is C16H15FN2O4S. The van der Waals surface area contributed by atoms with Crippen LogP contribution in [0.4, 0.5) is 4.39 Å². The third-order valence-electron chi connectivity index (χ3n) is 3.85. The number of Topliss-reactive ketones (excluding diaryl/α,β-unsaturated/α-hetero) is 1. The van der Waals surface area contributed by atoms with E-state index < -0.39 is 11.6 Å². The summed E-state index contributed by atoms with van der Waals surface area (Å²) >= 11 is 1.17. The third-order valence-corrected chi connectivity index (χ3v) is 4.68. The average Bonchev–Trinajstić information content (AvgIpc) is 2.95. The average molecular weight is 350 g/mol. The van der Waals surface area contributed by atoms with Crippen molar-refractivity contribution in [1.29, 1.82) is 0 Å². The number of thioether (sulfide) groups is 1. The number of nitrogens with zero attached hydrogens (tertiary/aromatic N) is 2. The van der Waals surface area contributed by atoms with Gasteiger partial charge in [0.2, 0.25) is 11.7 Å². The molecule has 1 aromatic heterocycles. The molecule has 0 radical (unpaired) electrons. The first-order chi connectivity index (χ1) is 11.5. The van der Waals surface area contributed by atoms with Crippen molar-refractivity contribution >= 4 is 23.3 Å². The van der Waals surface area contributed by atoms with E-state index in [0.29, 0.717) is 11.4 Å². The SMILES string of the molecule is CCn1ncc(C(=O)c2cc(F)c3c(c2SC)C(=O)CCO3)c1O. The monoisotopic (exact) mass is 350 g/mol. The van der Waals surface area contributed by atoms with Gasteiger partial charge >= 0.3 is 0 Å². The van der Waals surface area contributed by atoms with Gasteiger partial charge in [-0.15, -0.1) is 11.8 Å². The van der Waals surface area contributed by atoms with Gasteiger partial charge < -0.3 is 9.84 Å². The highest BCUT2D eigenvalue weighted by molar-refractivity contribution is 7.98. The standard InChI is InChI=1S/C16H15FN2O4S/c1-3-19-16(22)9(7-18-19)13(21)8-6-10(17)14-12(15(8)24-2)11(20)4-5-23-14/h6-7,22H,3-5H2,1-2H3. The van der Waals surface area contributed by atoms with E-state index in [1.807, 2.05) is 0 Å². The predicted octanol–water partition coefficient (Wildman–Crippen LogP) is 2.67. The molecule has 0 atom stereocenters. The molecule has 2 aromatic rings. The summed E-state index contributed by atoms with van der Waals surface area (Å²) < 4.78 is 20.9. The van der Waals surface area contributed by atoms with Crippen LogP contribution in [-0.2, 0) is 6.54 Å². The molecule has 1 N–H and O–H groups in total. The number of fused-ring (bicyclic) bond motifs is 1. The van der Waals surface area contributed by atoms with Gasteiger partial charge in [0.25, 0.3) is 0 Å². The van der Waals surface area contributed by atoms with Crippen molar-refractivity contribution in [2.45, 2.75) is 24.8 Å². The zero-order valence-electron chi connectivity index (χ0n) is 13.1. The van der Waals surface area contributed by atoms with Crippen molar-refractivity contribution in [2.75, 3.05) is 12.9 Å². The molecule has 0 saturated carbocycles. The molecule has 1 aliphatic heterocycles. The number of ether oxygens (including phenoxy) is 1. The predicted molar refractivity (Wildman–Crippen MR) is 85.6 cm³/mol. The van der Waals surface area contributed by atoms with E-state index in [1.54, 1.807) is 13.2 Å². The van der Waals surface area contributed by atoms with E-state index in [2.05, 4.69) is 5.10 Å². The zero-order valence-corrected chi connectivity index (χ0v) is 13.9. The van der Waals surface area contributed by atoms with E-state index in [1.165, 1.54) is 22.6 Å². The van der Waals surface area contributed by atoms with Gasteiger partial charge in [-0.1, -0.05) is 0 Å². The lowest BCUT2D eigenvalue weighted by Crippen LogP contribution is -2.19. The van der Waals surface area contributed by atoms with Crippen LogP contribution in [0, 0.1) is 5.82 Å². The number of hydrogen-bond acceptors (Lipinski definition) is 6. The van der Waals surface area contributed by atoms with Crippen molar-refractivity contribution in [3.8, 4) is 11.6 Å². The van der Waals surface area contributed by atoms with Crippen molar-refractivity contribution in [3.05, 3.63) is 34.8 Å². The second-order valence-electron chi connectivity index (χ2n) is 5.19. The van der Waals surface area contributed by atoms with E-state index in [9.17, 15) is 19.1 Å². The summed E-state index contributed by atoms with van der Waals surface area (Å²) in [6.45, 7) is 2.27. The Morgan fingerprint density at radius 3 is 2.88 bits per heavy atom. The Balaban J connectivity index is 2.19. The third kappa shape index (κ3) is 2.47. The van der Waals surface area contributed by atoms with Gasteiger partial charge in [0.15, 0.2) is 17.3 Å². The number of carbonyl (C=O) groups excluding carboxylic acids is 2. The van der Waals surface area contributed by atoms with Gasteiger partial charge in [0.05, 0.1) is 18.4 Å². The Morgan fingerprint density at radius 1 is 1.50 bits per heavy atom. The number of carbonyl (C=O) groups is 2. The number of aryl methyl sites for hydroxylation is 1. The number of aromatic nitrogens is 2. The molecule has 0 aliphatic carbocycles. The molecule has 6 nitrogen and oxygen atoms in total. The first kappa shape index (κ1) is 16.5. The Bertz CT molecular complexity index is 847. The molecule has 0 unspecified atom stereocenters. The fraction of sp³-hybridized carbons (Fsp3) is 0.312. The van der Waals surface area contributed by atoms with Crippen LogP contribution in [0.25, 0.3) is 0 Å². The van der Waals surface area contributed by atoms with E-state index in [-0.39, 0.29) is 47.1 Å². The second-order valence-corrected chi connectivity index (χ2v) is 6.01. The molecule has 3 rings (SSSR count). The number of ketones is 2. The molecule has 8 heteroatoms. The Morgan fingerprint density at radius 2 is 2.25 bits per heavy atom. The van der Waals surface area contributed by atoms with Crippen LogP contribution in [-0.4, -0.2) is 39.3 Å². The number of halogens is 1. The molecule has 1 aromatic carbocycles. The van der Waals surface area contributed by atoms with Crippen LogP contribution < -0.4 is 4.74 Å². The van der Waals surface area contributed by atoms with Crippen LogP contribution in [0.15, 0.2) is 17.2 Å². The van der Waals surface area contributed by atoms with Crippen molar-refractivity contribution < 1.29 is 23.8 Å². The minimum absolute atomic E-state index is 0.0172. The Hall–Kier alpha value is -2.35. The minimum atomic E-state index is -0.762. The molecule has 2 heterocycles. The lowest BCUT2D eigenvalue weighted by atomic mass is 9.97. The molecule has 0 fully saturated rings. The normalized spacial score (nSPS) is 13.5. The molecule has 0 saturated heterocycles. The summed E-state index contributed by atoms with van der Waals surface area (Å²) in [6.07, 6.45) is 3.07. The Labute approximate surface area is 141 Å². The maximum absolute atomic E-state index is 14.3. The first-order valence-corrected chi connectivity index (χ1v) is 8.58. The van der Waals surface area contributed by atoms with Gasteiger partial charge in [0.1, 0.15) is 5.56 Å². The van der Waals surface area contributed by atoms with Crippen LogP contribution in [0.2, 0.25) is 0 Å². The molecule has 0 spiro atoms. The van der Waals surface area contributed by atoms with Crippen LogP contribution in [0.3, 0.4) is 0 Å². The van der Waals surface area contributed by atoms with Crippen molar-refractivity contribution in [1.82, 2.24) is 9.78 Å². The van der Waals surface area contributed by atoms with Gasteiger partial charge in [-0.2, -0.15) is 5.10 Å². The van der Waals surface area contributed by atoms with Gasteiger partial charge in [-0.3, -0.25) is 9.59 Å². The highest BCUT2D eigenvalue weighted by Crippen LogP contribution is 2.39. The lowest BCUT2D eigenvalue weighted by Gasteiger charge is -2.21. The number of aromatic hydroxyl groups is 1. The van der Waals surface area contributed by atoms with Gasteiger partial charge in [-0.05, 0) is 19.2 Å². The first-order valence-electron chi connectivity index (χ1n) is 7.35. The molecule has 1 aliphatic rings. The maximum Gasteiger partial charge on any atom is 0.220 e. The summed E-state index contributed by atoms with van der Waals surface area (Å²) in [5.41, 5.74) is 0.0821. The smallest absolute Gasteiger partial charge is 0.220 e. The van der Waals surface area contributed by atoms with Crippen LogP contribution in [0.1, 0.15) is 39.6 Å². The second kappa shape index (κ2) is 6.27. The number of hydrogen-bond donors (Lipinski definition) is 1. The minimum Gasteiger partial charge on any atom is -0.493 e. The van der Waals surface area contributed by atoms with Crippen molar-refractivity contribution in [2.24, 2.45) is 0 Å². The highest BCUT2D eigenvalue weighted by atomic mass is 32.2. The molecule has 24 heavy (non-hydrogen) atoms. The molecular weight excluding hydrogens is 335 g/mol. The van der Waals surface area contributed by atoms with E-state index in [0.717, 1.165) is 6.07 Å². The van der Waals surface area contributed by atoms with Gasteiger partial charge in [0, 0.05) is 23.4 Å². The maximum atomic E-state index is 14.3. The Kier molecular flexibility index (Phi) is 4.31. The molecule has 0 bridgehead atoms. The summed E-state index contributed by atoms with van der Waals surface area (Å²) in [5, 5.41) is 14.0. The quantitative estimate of drug-likeness (QED) is 0.674. The summed E-state index contributed by atoms with van der Waals surface area (Å²) in [7, 11) is 0. The van der Waals surface area contributed by atoms with Gasteiger partial charge in [-0.25, -0.2) is 9.07 Å².